The summed E-state index contributed by atoms with van der Waals surface area (Å²) >= 11 is 1.48. The van der Waals surface area contributed by atoms with Gasteiger partial charge in [0.25, 0.3) is 5.69 Å². The number of allylic oxidation sites excluding steroid dienone is 3. The minimum Gasteiger partial charge on any atom is -0.384 e. The highest BCUT2D eigenvalue weighted by Gasteiger charge is 2.45. The predicted octanol–water partition coefficient (Wildman–Crippen LogP) is 4.60. The molecule has 2 aromatic rings. The lowest BCUT2D eigenvalue weighted by Crippen LogP contribution is -2.42. The molecule has 0 spiro atoms. The first-order valence-electron chi connectivity index (χ1n) is 9.47. The lowest BCUT2D eigenvalue weighted by Gasteiger charge is -2.43. The first kappa shape index (κ1) is 19.9. The maximum Gasteiger partial charge on any atom is 0.271 e. The second kappa shape index (κ2) is 7.11. The van der Waals surface area contributed by atoms with Gasteiger partial charge in [-0.2, -0.15) is 5.26 Å². The van der Waals surface area contributed by atoms with Crippen LogP contribution in [0.2, 0.25) is 0 Å². The Hall–Kier alpha value is -3.44. The van der Waals surface area contributed by atoms with Crippen molar-refractivity contribution in [3.8, 4) is 6.07 Å². The normalized spacial score (nSPS) is 20.8. The predicted molar refractivity (Wildman–Crippen MR) is 115 cm³/mol. The summed E-state index contributed by atoms with van der Waals surface area (Å²) in [6.07, 6.45) is 0.938. The summed E-state index contributed by atoms with van der Waals surface area (Å²) < 4.78 is 0. The highest BCUT2D eigenvalue weighted by atomic mass is 32.1. The van der Waals surface area contributed by atoms with E-state index in [1.54, 1.807) is 17.0 Å². The summed E-state index contributed by atoms with van der Waals surface area (Å²) in [6, 6.07) is 12.1. The molecule has 2 N–H and O–H groups in total. The van der Waals surface area contributed by atoms with Crippen LogP contribution in [0.3, 0.4) is 0 Å². The summed E-state index contributed by atoms with van der Waals surface area (Å²) in [5.74, 6) is -0.320. The molecule has 2 aliphatic rings. The largest absolute Gasteiger partial charge is 0.384 e. The van der Waals surface area contributed by atoms with E-state index in [1.165, 1.54) is 23.5 Å². The van der Waals surface area contributed by atoms with Crippen molar-refractivity contribution in [3.05, 3.63) is 79.4 Å². The number of hydrogen-bond donors (Lipinski definition) is 1. The van der Waals surface area contributed by atoms with Crippen molar-refractivity contribution >= 4 is 28.5 Å². The third-order valence-electron chi connectivity index (χ3n) is 5.51. The zero-order valence-corrected chi connectivity index (χ0v) is 17.4. The number of non-ortho nitro benzene ring substituents is 1. The third-order valence-corrected chi connectivity index (χ3v) is 6.44. The summed E-state index contributed by atoms with van der Waals surface area (Å²) in [7, 11) is 0. The molecule has 1 aliphatic heterocycles. The number of Topliss-reactive ketones (excluding diaryl/α,β-unsaturated/α-hetero) is 1. The number of thiophene rings is 1. The Bertz CT molecular complexity index is 1160. The molecular formula is C22H20N4O3S. The number of nitrogens with two attached hydrogens (primary N) is 1. The van der Waals surface area contributed by atoms with Gasteiger partial charge in [-0.05, 0) is 29.3 Å². The van der Waals surface area contributed by atoms with Crippen molar-refractivity contribution in [1.29, 1.82) is 5.26 Å². The van der Waals surface area contributed by atoms with Gasteiger partial charge in [-0.25, -0.2) is 0 Å². The number of nitro benzene ring substituents is 1. The fourth-order valence-corrected chi connectivity index (χ4v) is 5.13. The summed E-state index contributed by atoms with van der Waals surface area (Å²) in [5, 5.41) is 23.2. The Kier molecular flexibility index (Phi) is 4.71. The van der Waals surface area contributed by atoms with Gasteiger partial charge in [-0.3, -0.25) is 19.8 Å². The first-order valence-corrected chi connectivity index (χ1v) is 10.4. The molecule has 0 saturated heterocycles. The maximum absolute atomic E-state index is 13.3. The quantitative estimate of drug-likeness (QED) is 0.573. The molecule has 1 atom stereocenters. The molecule has 1 aliphatic carbocycles. The highest BCUT2D eigenvalue weighted by molar-refractivity contribution is 7.10. The van der Waals surface area contributed by atoms with Crippen LogP contribution in [0.15, 0.2) is 64.4 Å². The molecule has 152 valence electrons. The van der Waals surface area contributed by atoms with E-state index in [2.05, 4.69) is 6.07 Å². The van der Waals surface area contributed by atoms with E-state index >= 15 is 0 Å². The molecule has 4 rings (SSSR count). The molecule has 1 aromatic carbocycles. The van der Waals surface area contributed by atoms with Crippen molar-refractivity contribution in [2.75, 3.05) is 4.90 Å². The van der Waals surface area contributed by atoms with E-state index in [1.807, 2.05) is 31.4 Å². The molecule has 0 saturated carbocycles. The van der Waals surface area contributed by atoms with E-state index in [-0.39, 0.29) is 28.3 Å². The van der Waals surface area contributed by atoms with Crippen LogP contribution in [0.4, 0.5) is 11.4 Å². The SMILES string of the molecule is CC1(C)CC(=O)C2=C(C1)N(c1cccc([N+](=O)[O-])c1)C(N)=C(C#N)[C@H]2c1cccs1. The van der Waals surface area contributed by atoms with E-state index in [9.17, 15) is 20.2 Å². The highest BCUT2D eigenvalue weighted by Crippen LogP contribution is 2.50. The lowest BCUT2D eigenvalue weighted by atomic mass is 9.69. The molecule has 0 bridgehead atoms. The molecule has 0 amide bonds. The number of nitriles is 1. The number of carbonyl (C=O) groups is 1. The minimum absolute atomic E-state index is 0.0182. The van der Waals surface area contributed by atoms with Crippen LogP contribution in [0.25, 0.3) is 0 Å². The van der Waals surface area contributed by atoms with Crippen LogP contribution in [-0.2, 0) is 4.79 Å². The van der Waals surface area contributed by atoms with E-state index < -0.39 is 10.8 Å². The Morgan fingerprint density at radius 1 is 1.30 bits per heavy atom. The fraction of sp³-hybridized carbons (Fsp3) is 0.273. The lowest BCUT2D eigenvalue weighted by molar-refractivity contribution is -0.384. The molecule has 0 unspecified atom stereocenters. The Labute approximate surface area is 177 Å². The van der Waals surface area contributed by atoms with Gasteiger partial charge in [-0.15, -0.1) is 11.3 Å². The second-order valence-corrected chi connectivity index (χ2v) is 9.25. The summed E-state index contributed by atoms with van der Waals surface area (Å²) in [5.41, 5.74) is 8.16. The Morgan fingerprint density at radius 3 is 2.70 bits per heavy atom. The number of nitrogens with zero attached hydrogens (tertiary/aromatic N) is 3. The number of hydrogen-bond acceptors (Lipinski definition) is 7. The number of carbonyl (C=O) groups excluding carboxylic acids is 1. The number of ketones is 1. The monoisotopic (exact) mass is 420 g/mol. The number of anilines is 1. The molecule has 8 heteroatoms. The van der Waals surface area contributed by atoms with Gasteiger partial charge in [0.1, 0.15) is 5.82 Å². The summed E-state index contributed by atoms with van der Waals surface area (Å²) in [6.45, 7) is 4.03. The van der Waals surface area contributed by atoms with Crippen molar-refractivity contribution in [1.82, 2.24) is 0 Å². The third kappa shape index (κ3) is 3.17. The summed E-state index contributed by atoms with van der Waals surface area (Å²) in [4.78, 5) is 26.7. The molecule has 7 nitrogen and oxygen atoms in total. The first-order chi connectivity index (χ1) is 14.2. The van der Waals surface area contributed by atoms with Gasteiger partial charge < -0.3 is 5.73 Å². The minimum atomic E-state index is -0.511. The average Bonchev–Trinajstić information content (AvgIpc) is 3.20. The van der Waals surface area contributed by atoms with Gasteiger partial charge in [0.15, 0.2) is 5.78 Å². The maximum atomic E-state index is 13.3. The molecule has 0 radical (unpaired) electrons. The van der Waals surface area contributed by atoms with Crippen LogP contribution in [-0.4, -0.2) is 10.7 Å². The van der Waals surface area contributed by atoms with Crippen LogP contribution < -0.4 is 10.6 Å². The molecule has 1 aromatic heterocycles. The van der Waals surface area contributed by atoms with Gasteiger partial charge in [0.2, 0.25) is 0 Å². The topological polar surface area (TPSA) is 113 Å². The van der Waals surface area contributed by atoms with Gasteiger partial charge in [0.05, 0.1) is 28.2 Å². The number of nitro groups is 1. The van der Waals surface area contributed by atoms with Gasteiger partial charge in [-0.1, -0.05) is 26.0 Å². The fourth-order valence-electron chi connectivity index (χ4n) is 4.29. The zero-order chi connectivity index (χ0) is 21.6. The van der Waals surface area contributed by atoms with Crippen molar-refractivity contribution in [3.63, 3.8) is 0 Å². The van der Waals surface area contributed by atoms with Gasteiger partial charge in [0, 0.05) is 34.7 Å². The molecular weight excluding hydrogens is 400 g/mol. The van der Waals surface area contributed by atoms with Gasteiger partial charge >= 0.3 is 0 Å². The average molecular weight is 420 g/mol. The Balaban J connectivity index is 1.99. The number of benzene rings is 1. The van der Waals surface area contributed by atoms with E-state index in [4.69, 9.17) is 5.73 Å². The zero-order valence-electron chi connectivity index (χ0n) is 16.6. The van der Waals surface area contributed by atoms with Crippen LogP contribution in [0.5, 0.6) is 0 Å². The van der Waals surface area contributed by atoms with E-state index in [0.717, 1.165) is 4.88 Å². The molecule has 0 fully saturated rings. The van der Waals surface area contributed by atoms with Crippen molar-refractivity contribution in [2.45, 2.75) is 32.6 Å². The second-order valence-electron chi connectivity index (χ2n) is 8.27. The standard InChI is InChI=1S/C22H20N4O3S/c1-22(2)10-16-20(17(27)11-22)19(18-7-4-8-30-18)15(12-23)21(24)25(16)13-5-3-6-14(9-13)26(28)29/h3-9,19H,10-11,24H2,1-2H3/t19-/m0/s1. The smallest absolute Gasteiger partial charge is 0.271 e. The molecule has 2 heterocycles. The van der Waals surface area contributed by atoms with Crippen LogP contribution in [0.1, 0.15) is 37.5 Å². The molecule has 30 heavy (non-hydrogen) atoms. The van der Waals surface area contributed by atoms with E-state index in [0.29, 0.717) is 29.8 Å². The van der Waals surface area contributed by atoms with Crippen LogP contribution in [0, 0.1) is 26.9 Å². The van der Waals surface area contributed by atoms with Crippen molar-refractivity contribution in [2.24, 2.45) is 11.1 Å². The number of rotatable bonds is 3. The Morgan fingerprint density at radius 2 is 2.07 bits per heavy atom. The van der Waals surface area contributed by atoms with Crippen LogP contribution >= 0.6 is 11.3 Å². The van der Waals surface area contributed by atoms with Crippen molar-refractivity contribution < 1.29 is 9.72 Å².